The SMILES string of the molecule is CC(C)(C)c1cc(-c2cncc(F)c2)ncn1. The molecule has 0 bridgehead atoms. The summed E-state index contributed by atoms with van der Waals surface area (Å²) in [6, 6.07) is 3.29. The molecular formula is C13H14FN3. The molecule has 2 aromatic heterocycles. The van der Waals surface area contributed by atoms with Gasteiger partial charge in [0, 0.05) is 22.9 Å². The maximum Gasteiger partial charge on any atom is 0.142 e. The molecule has 0 atom stereocenters. The maximum atomic E-state index is 13.1. The van der Waals surface area contributed by atoms with Crippen molar-refractivity contribution in [2.75, 3.05) is 0 Å². The first-order chi connectivity index (χ1) is 7.97. The fourth-order valence-electron chi connectivity index (χ4n) is 1.48. The molecule has 88 valence electrons. The summed E-state index contributed by atoms with van der Waals surface area (Å²) in [5.74, 6) is -0.363. The van der Waals surface area contributed by atoms with Gasteiger partial charge in [0.1, 0.15) is 12.1 Å². The van der Waals surface area contributed by atoms with Crippen molar-refractivity contribution in [3.63, 3.8) is 0 Å². The maximum absolute atomic E-state index is 13.1. The molecule has 0 aliphatic rings. The molecule has 0 unspecified atom stereocenters. The summed E-state index contributed by atoms with van der Waals surface area (Å²) < 4.78 is 13.1. The smallest absolute Gasteiger partial charge is 0.142 e. The number of halogens is 1. The number of hydrogen-bond donors (Lipinski definition) is 0. The van der Waals surface area contributed by atoms with E-state index in [4.69, 9.17) is 0 Å². The molecule has 17 heavy (non-hydrogen) atoms. The van der Waals surface area contributed by atoms with Crippen LogP contribution in [0.5, 0.6) is 0 Å². The standard InChI is InChI=1S/C13H14FN3/c1-13(2,3)12-5-11(16-8-17-12)9-4-10(14)7-15-6-9/h4-8H,1-3H3. The number of aromatic nitrogens is 3. The molecule has 0 aliphatic heterocycles. The van der Waals surface area contributed by atoms with E-state index < -0.39 is 0 Å². The lowest BCUT2D eigenvalue weighted by molar-refractivity contribution is 0.567. The van der Waals surface area contributed by atoms with Gasteiger partial charge in [-0.1, -0.05) is 20.8 Å². The average Bonchev–Trinajstić information content (AvgIpc) is 2.28. The molecule has 0 N–H and O–H groups in total. The molecule has 0 aliphatic carbocycles. The van der Waals surface area contributed by atoms with E-state index in [1.165, 1.54) is 18.6 Å². The lowest BCUT2D eigenvalue weighted by Gasteiger charge is -2.17. The Bertz CT molecular complexity index is 532. The third kappa shape index (κ3) is 2.64. The predicted molar refractivity (Wildman–Crippen MR) is 63.9 cm³/mol. The zero-order valence-corrected chi connectivity index (χ0v) is 10.1. The van der Waals surface area contributed by atoms with Gasteiger partial charge in [0.2, 0.25) is 0 Å². The highest BCUT2D eigenvalue weighted by Crippen LogP contribution is 2.23. The third-order valence-corrected chi connectivity index (χ3v) is 2.44. The summed E-state index contributed by atoms with van der Waals surface area (Å²) in [5.41, 5.74) is 2.22. The zero-order valence-electron chi connectivity index (χ0n) is 10.1. The Kier molecular flexibility index (Phi) is 2.88. The Balaban J connectivity index is 2.47. The van der Waals surface area contributed by atoms with Gasteiger partial charge in [-0.05, 0) is 12.1 Å². The van der Waals surface area contributed by atoms with Gasteiger partial charge in [-0.15, -0.1) is 0 Å². The van der Waals surface area contributed by atoms with Crippen molar-refractivity contribution in [1.29, 1.82) is 0 Å². The average molecular weight is 231 g/mol. The molecule has 4 heteroatoms. The number of hydrogen-bond acceptors (Lipinski definition) is 3. The molecule has 0 amide bonds. The van der Waals surface area contributed by atoms with E-state index in [-0.39, 0.29) is 11.2 Å². The highest BCUT2D eigenvalue weighted by Gasteiger charge is 2.16. The molecule has 2 heterocycles. The minimum absolute atomic E-state index is 0.0571. The second kappa shape index (κ2) is 4.20. The first-order valence-corrected chi connectivity index (χ1v) is 5.40. The number of rotatable bonds is 1. The summed E-state index contributed by atoms with van der Waals surface area (Å²) in [4.78, 5) is 12.2. The largest absolute Gasteiger partial charge is 0.261 e. The minimum Gasteiger partial charge on any atom is -0.261 e. The fourth-order valence-corrected chi connectivity index (χ4v) is 1.48. The summed E-state index contributed by atoms with van der Waals surface area (Å²) in [6.45, 7) is 6.22. The second-order valence-electron chi connectivity index (χ2n) is 4.93. The van der Waals surface area contributed by atoms with E-state index in [0.717, 1.165) is 5.69 Å². The van der Waals surface area contributed by atoms with Crippen molar-refractivity contribution in [1.82, 2.24) is 15.0 Å². The molecule has 0 aromatic carbocycles. The van der Waals surface area contributed by atoms with Crippen molar-refractivity contribution < 1.29 is 4.39 Å². The lowest BCUT2D eigenvalue weighted by Crippen LogP contribution is -2.13. The third-order valence-electron chi connectivity index (χ3n) is 2.44. The van der Waals surface area contributed by atoms with Crippen LogP contribution >= 0.6 is 0 Å². The number of nitrogens with zero attached hydrogens (tertiary/aromatic N) is 3. The highest BCUT2D eigenvalue weighted by molar-refractivity contribution is 5.57. The van der Waals surface area contributed by atoms with Crippen molar-refractivity contribution in [3.8, 4) is 11.3 Å². The lowest BCUT2D eigenvalue weighted by atomic mass is 9.91. The van der Waals surface area contributed by atoms with E-state index in [9.17, 15) is 4.39 Å². The van der Waals surface area contributed by atoms with Crippen molar-refractivity contribution >= 4 is 0 Å². The quantitative estimate of drug-likeness (QED) is 0.757. The molecule has 0 radical (unpaired) electrons. The molecule has 0 saturated heterocycles. The Hall–Kier alpha value is -1.84. The van der Waals surface area contributed by atoms with Crippen LogP contribution < -0.4 is 0 Å². The Labute approximate surface area is 99.8 Å². The van der Waals surface area contributed by atoms with Gasteiger partial charge >= 0.3 is 0 Å². The van der Waals surface area contributed by atoms with Crippen LogP contribution in [0, 0.1) is 5.82 Å². The van der Waals surface area contributed by atoms with Crippen LogP contribution in [0.4, 0.5) is 4.39 Å². The monoisotopic (exact) mass is 231 g/mol. The van der Waals surface area contributed by atoms with E-state index in [1.54, 1.807) is 6.20 Å². The summed E-state index contributed by atoms with van der Waals surface area (Å²) in [5, 5.41) is 0. The van der Waals surface area contributed by atoms with Crippen molar-refractivity contribution in [2.24, 2.45) is 0 Å². The Morgan fingerprint density at radius 3 is 2.47 bits per heavy atom. The van der Waals surface area contributed by atoms with Crippen LogP contribution in [0.15, 0.2) is 30.9 Å². The van der Waals surface area contributed by atoms with Gasteiger partial charge in [-0.2, -0.15) is 0 Å². The van der Waals surface area contributed by atoms with Gasteiger partial charge in [-0.3, -0.25) is 4.98 Å². The summed E-state index contributed by atoms with van der Waals surface area (Å²) in [7, 11) is 0. The van der Waals surface area contributed by atoms with Crippen LogP contribution in [0.2, 0.25) is 0 Å². The molecule has 0 fully saturated rings. The van der Waals surface area contributed by atoms with Crippen LogP contribution in [-0.4, -0.2) is 15.0 Å². The fraction of sp³-hybridized carbons (Fsp3) is 0.308. The topological polar surface area (TPSA) is 38.7 Å². The Morgan fingerprint density at radius 2 is 1.82 bits per heavy atom. The van der Waals surface area contributed by atoms with Crippen LogP contribution in [-0.2, 0) is 5.41 Å². The minimum atomic E-state index is -0.363. The van der Waals surface area contributed by atoms with Crippen LogP contribution in [0.3, 0.4) is 0 Å². The second-order valence-corrected chi connectivity index (χ2v) is 4.93. The molecule has 3 nitrogen and oxygen atoms in total. The van der Waals surface area contributed by atoms with E-state index >= 15 is 0 Å². The normalized spacial score (nSPS) is 11.5. The summed E-state index contributed by atoms with van der Waals surface area (Å²) in [6.07, 6.45) is 4.27. The molecule has 0 spiro atoms. The van der Waals surface area contributed by atoms with Crippen molar-refractivity contribution in [3.05, 3.63) is 42.4 Å². The van der Waals surface area contributed by atoms with Crippen LogP contribution in [0.1, 0.15) is 26.5 Å². The van der Waals surface area contributed by atoms with Gasteiger partial charge in [0.05, 0.1) is 11.9 Å². The number of pyridine rings is 1. The first-order valence-electron chi connectivity index (χ1n) is 5.40. The van der Waals surface area contributed by atoms with E-state index in [0.29, 0.717) is 11.3 Å². The van der Waals surface area contributed by atoms with E-state index in [1.807, 2.05) is 6.07 Å². The summed E-state index contributed by atoms with van der Waals surface area (Å²) >= 11 is 0. The predicted octanol–water partition coefficient (Wildman–Crippen LogP) is 2.98. The van der Waals surface area contributed by atoms with Gasteiger partial charge in [0.25, 0.3) is 0 Å². The molecule has 0 saturated carbocycles. The van der Waals surface area contributed by atoms with Gasteiger partial charge in [-0.25, -0.2) is 14.4 Å². The van der Waals surface area contributed by atoms with Crippen molar-refractivity contribution in [2.45, 2.75) is 26.2 Å². The van der Waals surface area contributed by atoms with Crippen LogP contribution in [0.25, 0.3) is 11.3 Å². The Morgan fingerprint density at radius 1 is 1.06 bits per heavy atom. The van der Waals surface area contributed by atoms with E-state index in [2.05, 4.69) is 35.7 Å². The molecular weight excluding hydrogens is 217 g/mol. The highest BCUT2D eigenvalue weighted by atomic mass is 19.1. The van der Waals surface area contributed by atoms with Gasteiger partial charge < -0.3 is 0 Å². The zero-order chi connectivity index (χ0) is 12.5. The first kappa shape index (κ1) is 11.6. The molecule has 2 rings (SSSR count). The molecule has 2 aromatic rings. The van der Waals surface area contributed by atoms with Gasteiger partial charge in [0.15, 0.2) is 0 Å².